The molecule has 0 aromatic heterocycles. The summed E-state index contributed by atoms with van der Waals surface area (Å²) >= 11 is 0. The van der Waals surface area contributed by atoms with Crippen LogP contribution < -0.4 is 10.2 Å². The lowest BCUT2D eigenvalue weighted by molar-refractivity contribution is 0.221. The third-order valence-corrected chi connectivity index (χ3v) is 3.38. The zero-order valence-electron chi connectivity index (χ0n) is 11.4. The van der Waals surface area contributed by atoms with E-state index >= 15 is 0 Å². The van der Waals surface area contributed by atoms with E-state index < -0.39 is 0 Å². The Labute approximate surface area is 109 Å². The molecule has 1 N–H and O–H groups in total. The van der Waals surface area contributed by atoms with Gasteiger partial charge in [-0.25, -0.2) is 4.79 Å². The number of nitrogens with one attached hydrogen (secondary N) is 1. The molecule has 18 heavy (non-hydrogen) atoms. The molecule has 1 aliphatic heterocycles. The van der Waals surface area contributed by atoms with E-state index in [0.29, 0.717) is 0 Å². The second-order valence-corrected chi connectivity index (χ2v) is 4.81. The van der Waals surface area contributed by atoms with Gasteiger partial charge in [0.25, 0.3) is 0 Å². The Bertz CT molecular complexity index is 445. The van der Waals surface area contributed by atoms with Crippen molar-refractivity contribution in [3.8, 4) is 0 Å². The van der Waals surface area contributed by atoms with E-state index in [9.17, 15) is 4.79 Å². The van der Waals surface area contributed by atoms with Crippen molar-refractivity contribution in [3.05, 3.63) is 29.3 Å². The molecule has 4 nitrogen and oxygen atoms in total. The number of hydrogen-bond acceptors (Lipinski definition) is 2. The van der Waals surface area contributed by atoms with Gasteiger partial charge in [-0.1, -0.05) is 12.1 Å². The molecule has 0 atom stereocenters. The number of carbonyl (C=O) groups is 1. The van der Waals surface area contributed by atoms with Crippen molar-refractivity contribution in [2.45, 2.75) is 13.8 Å². The average molecular weight is 247 g/mol. The first-order chi connectivity index (χ1) is 8.63. The van der Waals surface area contributed by atoms with Gasteiger partial charge in [0.1, 0.15) is 0 Å². The highest BCUT2D eigenvalue weighted by Gasteiger charge is 2.29. The third kappa shape index (κ3) is 2.48. The topological polar surface area (TPSA) is 35.6 Å². The Hall–Kier alpha value is -1.55. The molecule has 0 aliphatic carbocycles. The molecule has 0 spiro atoms. The molecule has 2 rings (SSSR count). The van der Waals surface area contributed by atoms with Gasteiger partial charge in [-0.2, -0.15) is 0 Å². The fourth-order valence-electron chi connectivity index (χ4n) is 2.27. The van der Waals surface area contributed by atoms with E-state index in [1.807, 2.05) is 16.8 Å². The third-order valence-electron chi connectivity index (χ3n) is 3.38. The Morgan fingerprint density at radius 1 is 1.28 bits per heavy atom. The Kier molecular flexibility index (Phi) is 3.87. The molecule has 1 fully saturated rings. The SMILES string of the molecule is CNCCN1CCN(c2cc(C)ccc2C)C1=O. The van der Waals surface area contributed by atoms with Crippen molar-refractivity contribution in [1.82, 2.24) is 10.2 Å². The molecule has 1 saturated heterocycles. The Morgan fingerprint density at radius 3 is 2.78 bits per heavy atom. The number of urea groups is 1. The highest BCUT2D eigenvalue weighted by atomic mass is 16.2. The van der Waals surface area contributed by atoms with Gasteiger partial charge in [0, 0.05) is 31.9 Å². The number of rotatable bonds is 4. The van der Waals surface area contributed by atoms with E-state index in [1.54, 1.807) is 0 Å². The summed E-state index contributed by atoms with van der Waals surface area (Å²) in [6.07, 6.45) is 0. The van der Waals surface area contributed by atoms with Crippen LogP contribution in [0.5, 0.6) is 0 Å². The zero-order valence-corrected chi connectivity index (χ0v) is 11.4. The van der Waals surface area contributed by atoms with Crippen LogP contribution in [0.1, 0.15) is 11.1 Å². The van der Waals surface area contributed by atoms with Crippen molar-refractivity contribution in [2.75, 3.05) is 38.1 Å². The molecule has 1 aliphatic rings. The van der Waals surface area contributed by atoms with E-state index in [2.05, 4.69) is 37.4 Å². The summed E-state index contributed by atoms with van der Waals surface area (Å²) in [6.45, 7) is 7.32. The number of benzene rings is 1. The first-order valence-corrected chi connectivity index (χ1v) is 6.42. The van der Waals surface area contributed by atoms with Gasteiger partial charge in [-0.15, -0.1) is 0 Å². The first kappa shape index (κ1) is 12.9. The minimum Gasteiger partial charge on any atom is -0.321 e. The molecule has 98 valence electrons. The molecule has 1 aromatic carbocycles. The summed E-state index contributed by atoms with van der Waals surface area (Å²) < 4.78 is 0. The van der Waals surface area contributed by atoms with Gasteiger partial charge in [0.2, 0.25) is 0 Å². The number of likely N-dealkylation sites (N-methyl/N-ethyl adjacent to an activating group) is 1. The summed E-state index contributed by atoms with van der Waals surface area (Å²) in [4.78, 5) is 16.1. The fraction of sp³-hybridized carbons (Fsp3) is 0.500. The Morgan fingerprint density at radius 2 is 2.06 bits per heavy atom. The van der Waals surface area contributed by atoms with Crippen LogP contribution in [0.3, 0.4) is 0 Å². The highest BCUT2D eigenvalue weighted by molar-refractivity contribution is 5.95. The largest absolute Gasteiger partial charge is 0.324 e. The van der Waals surface area contributed by atoms with Crippen molar-refractivity contribution in [3.63, 3.8) is 0 Å². The minimum absolute atomic E-state index is 0.124. The molecule has 0 radical (unpaired) electrons. The number of carbonyl (C=O) groups excluding carboxylic acids is 1. The van der Waals surface area contributed by atoms with Crippen LogP contribution >= 0.6 is 0 Å². The summed E-state index contributed by atoms with van der Waals surface area (Å²) in [5.41, 5.74) is 3.40. The number of aryl methyl sites for hydroxylation is 2. The molecule has 2 amide bonds. The van der Waals surface area contributed by atoms with Gasteiger partial charge < -0.3 is 10.2 Å². The van der Waals surface area contributed by atoms with Crippen molar-refractivity contribution in [1.29, 1.82) is 0 Å². The van der Waals surface area contributed by atoms with Gasteiger partial charge in [0.05, 0.1) is 0 Å². The van der Waals surface area contributed by atoms with Crippen LogP contribution in [0, 0.1) is 13.8 Å². The lowest BCUT2D eigenvalue weighted by Gasteiger charge is -2.20. The standard InChI is InChI=1S/C14H21N3O/c1-11-4-5-12(2)13(10-11)17-9-8-16(14(17)18)7-6-15-3/h4-5,10,15H,6-9H2,1-3H3. The molecule has 1 heterocycles. The molecule has 0 saturated carbocycles. The van der Waals surface area contributed by atoms with Gasteiger partial charge in [-0.05, 0) is 38.1 Å². The number of nitrogens with zero attached hydrogens (tertiary/aromatic N) is 2. The maximum atomic E-state index is 12.3. The first-order valence-electron chi connectivity index (χ1n) is 6.42. The quantitative estimate of drug-likeness (QED) is 0.880. The summed E-state index contributed by atoms with van der Waals surface area (Å²) in [5, 5.41) is 3.08. The maximum absolute atomic E-state index is 12.3. The van der Waals surface area contributed by atoms with E-state index in [-0.39, 0.29) is 6.03 Å². The lowest BCUT2D eigenvalue weighted by atomic mass is 10.1. The number of amides is 2. The summed E-state index contributed by atoms with van der Waals surface area (Å²) in [5.74, 6) is 0. The molecule has 0 unspecified atom stereocenters. The second kappa shape index (κ2) is 5.40. The average Bonchev–Trinajstić information content (AvgIpc) is 2.71. The molecular weight excluding hydrogens is 226 g/mol. The van der Waals surface area contributed by atoms with Crippen LogP contribution in [0.25, 0.3) is 0 Å². The predicted octanol–water partition coefficient (Wildman–Crippen LogP) is 1.76. The molecule has 4 heteroatoms. The zero-order chi connectivity index (χ0) is 13.1. The predicted molar refractivity (Wildman–Crippen MR) is 74.2 cm³/mol. The number of hydrogen-bond donors (Lipinski definition) is 1. The highest BCUT2D eigenvalue weighted by Crippen LogP contribution is 2.25. The molecular formula is C14H21N3O. The van der Waals surface area contributed by atoms with Crippen LogP contribution in [0.2, 0.25) is 0 Å². The Balaban J connectivity index is 2.15. The van der Waals surface area contributed by atoms with Gasteiger partial charge in [0.15, 0.2) is 0 Å². The van der Waals surface area contributed by atoms with E-state index in [0.717, 1.165) is 37.4 Å². The molecule has 1 aromatic rings. The van der Waals surface area contributed by atoms with Gasteiger partial charge in [-0.3, -0.25) is 4.90 Å². The van der Waals surface area contributed by atoms with E-state index in [1.165, 1.54) is 5.56 Å². The van der Waals surface area contributed by atoms with Crippen LogP contribution in [-0.2, 0) is 0 Å². The second-order valence-electron chi connectivity index (χ2n) is 4.81. The number of anilines is 1. The minimum atomic E-state index is 0.124. The lowest BCUT2D eigenvalue weighted by Crippen LogP contribution is -2.35. The van der Waals surface area contributed by atoms with Crippen molar-refractivity contribution < 1.29 is 4.79 Å². The molecule has 0 bridgehead atoms. The van der Waals surface area contributed by atoms with E-state index in [4.69, 9.17) is 0 Å². The fourth-order valence-corrected chi connectivity index (χ4v) is 2.27. The maximum Gasteiger partial charge on any atom is 0.324 e. The monoisotopic (exact) mass is 247 g/mol. The van der Waals surface area contributed by atoms with Crippen molar-refractivity contribution in [2.24, 2.45) is 0 Å². The van der Waals surface area contributed by atoms with Crippen LogP contribution in [-0.4, -0.2) is 44.2 Å². The van der Waals surface area contributed by atoms with Crippen molar-refractivity contribution >= 4 is 11.7 Å². The summed E-state index contributed by atoms with van der Waals surface area (Å²) in [7, 11) is 1.91. The van der Waals surface area contributed by atoms with Crippen LogP contribution in [0.4, 0.5) is 10.5 Å². The summed E-state index contributed by atoms with van der Waals surface area (Å²) in [6, 6.07) is 6.38. The normalized spacial score (nSPS) is 15.6. The van der Waals surface area contributed by atoms with Gasteiger partial charge >= 0.3 is 6.03 Å². The smallest absolute Gasteiger partial charge is 0.321 e. The van der Waals surface area contributed by atoms with Crippen LogP contribution in [0.15, 0.2) is 18.2 Å².